The van der Waals surface area contributed by atoms with E-state index in [1.807, 2.05) is 43.9 Å². The average molecular weight is 344 g/mol. The molecule has 136 valence electrons. The maximum Gasteiger partial charge on any atom is 0.412 e. The summed E-state index contributed by atoms with van der Waals surface area (Å²) in [6, 6.07) is 7.41. The van der Waals surface area contributed by atoms with Crippen LogP contribution in [0.4, 0.5) is 10.5 Å². The van der Waals surface area contributed by atoms with Crippen molar-refractivity contribution < 1.29 is 14.3 Å². The van der Waals surface area contributed by atoms with Gasteiger partial charge in [-0.3, -0.25) is 10.1 Å². The zero-order valence-corrected chi connectivity index (χ0v) is 15.8. The van der Waals surface area contributed by atoms with E-state index in [0.717, 1.165) is 18.7 Å². The average Bonchev–Trinajstić information content (AvgIpc) is 2.87. The molecule has 0 aromatic heterocycles. The van der Waals surface area contributed by atoms with E-state index in [4.69, 9.17) is 4.74 Å². The van der Waals surface area contributed by atoms with Crippen molar-refractivity contribution in [3.63, 3.8) is 0 Å². The van der Waals surface area contributed by atoms with E-state index in [9.17, 15) is 9.59 Å². The first-order chi connectivity index (χ1) is 11.6. The van der Waals surface area contributed by atoms with E-state index in [2.05, 4.69) is 19.2 Å². The summed E-state index contributed by atoms with van der Waals surface area (Å²) in [5.74, 6) is 1.42. The molecule has 0 radical (unpaired) electrons. The Labute approximate surface area is 149 Å². The summed E-state index contributed by atoms with van der Waals surface area (Å²) >= 11 is 0. The Kier molecular flexibility index (Phi) is 4.30. The molecule has 1 N–H and O–H groups in total. The lowest BCUT2D eigenvalue weighted by atomic mass is 10.1. The number of piperidine rings is 1. The standard InChI is InChI=1S/C20H28N2O3/c1-19(2,3)25-18(24)21-16-9-7-6-8-13(16)10-17(23)22-11-14-15(12-22)20(14,4)5/h6-9,14-15H,10-12H2,1-5H3,(H,21,24). The fourth-order valence-electron chi connectivity index (χ4n) is 3.82. The van der Waals surface area contributed by atoms with Crippen molar-refractivity contribution in [2.75, 3.05) is 18.4 Å². The number of hydrogen-bond acceptors (Lipinski definition) is 3. The maximum absolute atomic E-state index is 12.6. The van der Waals surface area contributed by atoms with Crippen molar-refractivity contribution in [2.45, 2.75) is 46.6 Å². The van der Waals surface area contributed by atoms with Gasteiger partial charge >= 0.3 is 6.09 Å². The Morgan fingerprint density at radius 2 is 1.80 bits per heavy atom. The van der Waals surface area contributed by atoms with Crippen LogP contribution in [0.3, 0.4) is 0 Å². The van der Waals surface area contributed by atoms with Gasteiger partial charge < -0.3 is 9.64 Å². The molecule has 25 heavy (non-hydrogen) atoms. The van der Waals surface area contributed by atoms with E-state index in [0.29, 0.717) is 29.4 Å². The number of carbonyl (C=O) groups is 2. The molecule has 3 rings (SSSR count). The van der Waals surface area contributed by atoms with Gasteiger partial charge in [0, 0.05) is 18.8 Å². The summed E-state index contributed by atoms with van der Waals surface area (Å²) in [7, 11) is 0. The van der Waals surface area contributed by atoms with E-state index in [1.54, 1.807) is 6.07 Å². The first-order valence-electron chi connectivity index (χ1n) is 8.93. The minimum atomic E-state index is -0.557. The molecule has 5 nitrogen and oxygen atoms in total. The van der Waals surface area contributed by atoms with Crippen molar-refractivity contribution >= 4 is 17.7 Å². The van der Waals surface area contributed by atoms with Crippen LogP contribution in [0.25, 0.3) is 0 Å². The smallest absolute Gasteiger partial charge is 0.412 e. The largest absolute Gasteiger partial charge is 0.444 e. The van der Waals surface area contributed by atoms with Gasteiger partial charge in [0.25, 0.3) is 0 Å². The second-order valence-corrected chi connectivity index (χ2v) is 8.79. The predicted octanol–water partition coefficient (Wildman–Crippen LogP) is 3.69. The zero-order valence-electron chi connectivity index (χ0n) is 15.8. The maximum atomic E-state index is 12.6. The summed E-state index contributed by atoms with van der Waals surface area (Å²) in [6.45, 7) is 11.7. The number of likely N-dealkylation sites (tertiary alicyclic amines) is 1. The van der Waals surface area contributed by atoms with Gasteiger partial charge in [-0.1, -0.05) is 32.0 Å². The molecule has 1 aromatic carbocycles. The first kappa shape index (κ1) is 17.8. The number of para-hydroxylation sites is 1. The summed E-state index contributed by atoms with van der Waals surface area (Å²) in [4.78, 5) is 26.6. The van der Waals surface area contributed by atoms with Crippen LogP contribution in [0, 0.1) is 17.3 Å². The zero-order chi connectivity index (χ0) is 18.4. The second kappa shape index (κ2) is 6.04. The Hall–Kier alpha value is -2.04. The van der Waals surface area contributed by atoms with E-state index in [-0.39, 0.29) is 5.91 Å². The molecule has 1 saturated heterocycles. The molecule has 2 atom stereocenters. The Bertz CT molecular complexity index is 676. The van der Waals surface area contributed by atoms with Gasteiger partial charge in [-0.05, 0) is 49.7 Å². The summed E-state index contributed by atoms with van der Waals surface area (Å²) in [5.41, 5.74) is 1.29. The van der Waals surface area contributed by atoms with Gasteiger partial charge in [0.1, 0.15) is 5.60 Å². The number of anilines is 1. The fraction of sp³-hybridized carbons (Fsp3) is 0.600. The van der Waals surface area contributed by atoms with Gasteiger partial charge in [-0.2, -0.15) is 0 Å². The minimum Gasteiger partial charge on any atom is -0.444 e. The normalized spacial score (nSPS) is 23.8. The van der Waals surface area contributed by atoms with Crippen LogP contribution >= 0.6 is 0 Å². The van der Waals surface area contributed by atoms with E-state index in [1.165, 1.54) is 0 Å². The van der Waals surface area contributed by atoms with Crippen molar-refractivity contribution in [3.05, 3.63) is 29.8 Å². The number of nitrogens with zero attached hydrogens (tertiary/aromatic N) is 1. The highest BCUT2D eigenvalue weighted by Crippen LogP contribution is 2.61. The van der Waals surface area contributed by atoms with Crippen LogP contribution in [-0.4, -0.2) is 35.6 Å². The topological polar surface area (TPSA) is 58.6 Å². The molecule has 2 amide bonds. The lowest BCUT2D eigenvalue weighted by Crippen LogP contribution is -2.34. The number of carbonyl (C=O) groups excluding carboxylic acids is 2. The molecule has 0 bridgehead atoms. The molecule has 1 saturated carbocycles. The van der Waals surface area contributed by atoms with Crippen molar-refractivity contribution in [1.82, 2.24) is 4.90 Å². The van der Waals surface area contributed by atoms with Crippen LogP contribution < -0.4 is 5.32 Å². The van der Waals surface area contributed by atoms with E-state index < -0.39 is 11.7 Å². The molecule has 5 heteroatoms. The number of rotatable bonds is 3. The molecule has 2 fully saturated rings. The SMILES string of the molecule is CC(C)(C)OC(=O)Nc1ccccc1CC(=O)N1CC2C(C1)C2(C)C. The highest BCUT2D eigenvalue weighted by Gasteiger charge is 2.62. The molecular weight excluding hydrogens is 316 g/mol. The molecule has 2 unspecified atom stereocenters. The molecule has 1 heterocycles. The Balaban J connectivity index is 1.62. The number of ether oxygens (including phenoxy) is 1. The Morgan fingerprint density at radius 3 is 2.40 bits per heavy atom. The van der Waals surface area contributed by atoms with E-state index >= 15 is 0 Å². The van der Waals surface area contributed by atoms with Crippen molar-refractivity contribution in [2.24, 2.45) is 17.3 Å². The number of nitrogens with one attached hydrogen (secondary N) is 1. The summed E-state index contributed by atoms with van der Waals surface area (Å²) < 4.78 is 5.30. The number of amides is 2. The third-order valence-electron chi connectivity index (χ3n) is 5.47. The highest BCUT2D eigenvalue weighted by molar-refractivity contribution is 5.88. The first-order valence-corrected chi connectivity index (χ1v) is 8.93. The molecule has 1 aliphatic heterocycles. The number of benzene rings is 1. The van der Waals surface area contributed by atoms with Crippen LogP contribution in [-0.2, 0) is 16.0 Å². The van der Waals surface area contributed by atoms with Crippen LogP contribution in [0.15, 0.2) is 24.3 Å². The Morgan fingerprint density at radius 1 is 1.20 bits per heavy atom. The van der Waals surface area contributed by atoms with Gasteiger partial charge in [-0.15, -0.1) is 0 Å². The third kappa shape index (κ3) is 3.80. The third-order valence-corrected chi connectivity index (χ3v) is 5.47. The minimum absolute atomic E-state index is 0.126. The van der Waals surface area contributed by atoms with Crippen LogP contribution in [0.2, 0.25) is 0 Å². The quantitative estimate of drug-likeness (QED) is 0.910. The summed E-state index contributed by atoms with van der Waals surface area (Å²) in [6.07, 6.45) is -0.206. The molecule has 2 aliphatic rings. The van der Waals surface area contributed by atoms with Crippen LogP contribution in [0.5, 0.6) is 0 Å². The lowest BCUT2D eigenvalue weighted by molar-refractivity contribution is -0.130. The second-order valence-electron chi connectivity index (χ2n) is 8.79. The molecular formula is C20H28N2O3. The summed E-state index contributed by atoms with van der Waals surface area (Å²) in [5, 5.41) is 2.76. The van der Waals surface area contributed by atoms with Crippen molar-refractivity contribution in [1.29, 1.82) is 0 Å². The fourth-order valence-corrected chi connectivity index (χ4v) is 3.82. The molecule has 0 spiro atoms. The predicted molar refractivity (Wildman–Crippen MR) is 97.3 cm³/mol. The monoisotopic (exact) mass is 344 g/mol. The highest BCUT2D eigenvalue weighted by atomic mass is 16.6. The number of hydrogen-bond donors (Lipinski definition) is 1. The lowest BCUT2D eigenvalue weighted by Gasteiger charge is -2.23. The van der Waals surface area contributed by atoms with Gasteiger partial charge in [0.2, 0.25) is 5.91 Å². The molecule has 1 aromatic rings. The van der Waals surface area contributed by atoms with Gasteiger partial charge in [0.15, 0.2) is 0 Å². The van der Waals surface area contributed by atoms with Gasteiger partial charge in [-0.25, -0.2) is 4.79 Å². The van der Waals surface area contributed by atoms with Crippen molar-refractivity contribution in [3.8, 4) is 0 Å². The molecule has 1 aliphatic carbocycles. The van der Waals surface area contributed by atoms with Crippen LogP contribution in [0.1, 0.15) is 40.2 Å². The number of fused-ring (bicyclic) bond motifs is 1. The van der Waals surface area contributed by atoms with Gasteiger partial charge in [0.05, 0.1) is 6.42 Å².